The molecule has 9 unspecified atom stereocenters. The molecule has 0 radical (unpaired) electrons. The van der Waals surface area contributed by atoms with Gasteiger partial charge in [0.2, 0.25) is 0 Å². The lowest BCUT2D eigenvalue weighted by atomic mass is 9.51. The summed E-state index contributed by atoms with van der Waals surface area (Å²) in [4.78, 5) is 0. The van der Waals surface area contributed by atoms with Crippen LogP contribution in [0.3, 0.4) is 0 Å². The number of hydrogen-bond acceptors (Lipinski definition) is 7. The molecule has 3 fully saturated rings. The van der Waals surface area contributed by atoms with Gasteiger partial charge in [0.25, 0.3) is 0 Å². The van der Waals surface area contributed by atoms with Gasteiger partial charge in [-0.25, -0.2) is 8.37 Å². The van der Waals surface area contributed by atoms with Crippen molar-refractivity contribution in [3.8, 4) is 0 Å². The van der Waals surface area contributed by atoms with Crippen molar-refractivity contribution in [1.82, 2.24) is 0 Å². The Bertz CT molecular complexity index is 1130. The number of aliphatic hydroxyl groups is 1. The van der Waals surface area contributed by atoms with Crippen molar-refractivity contribution in [2.75, 3.05) is 6.61 Å². The van der Waals surface area contributed by atoms with Crippen LogP contribution in [0.15, 0.2) is 23.8 Å². The molecule has 3 N–H and O–H groups in total. The molecule has 218 valence electrons. The van der Waals surface area contributed by atoms with Gasteiger partial charge in [-0.1, -0.05) is 44.6 Å². The molecule has 0 aromatic rings. The standard InChI is InChI=1S/C27H44O9S2/c1-16(2)17(3)5-6-19(15-35-37(29,30)31)23-9-10-24-21-8-7-18-13-26(36-38(32,33)34)25(28)14-22(18)20(21)11-12-27(23,24)4/h7,16,19-26,28H,3,5-6,8-15H2,1-2,4H3,(H,29,30,31)(H,32,33,34). The summed E-state index contributed by atoms with van der Waals surface area (Å²) in [7, 11) is -9.16. The third-order valence-corrected chi connectivity index (χ3v) is 11.4. The summed E-state index contributed by atoms with van der Waals surface area (Å²) in [5.74, 6) is 2.05. The lowest BCUT2D eigenvalue weighted by Crippen LogP contribution is -2.49. The number of allylic oxidation sites excluding steroid dienone is 2. The summed E-state index contributed by atoms with van der Waals surface area (Å²) in [6, 6.07) is 0. The quantitative estimate of drug-likeness (QED) is 0.247. The first kappa shape index (κ1) is 30.1. The lowest BCUT2D eigenvalue weighted by Gasteiger charge is -2.55. The molecule has 0 aliphatic heterocycles. The van der Waals surface area contributed by atoms with E-state index in [2.05, 4.69) is 33.4 Å². The van der Waals surface area contributed by atoms with Crippen LogP contribution in [0.4, 0.5) is 0 Å². The van der Waals surface area contributed by atoms with E-state index in [9.17, 15) is 26.5 Å². The minimum atomic E-state index is -4.64. The fourth-order valence-electron chi connectivity index (χ4n) is 8.51. The van der Waals surface area contributed by atoms with Crippen LogP contribution in [-0.4, -0.2) is 49.9 Å². The second-order valence-electron chi connectivity index (χ2n) is 12.7. The molecular weight excluding hydrogens is 532 g/mol. The van der Waals surface area contributed by atoms with E-state index in [1.807, 2.05) is 0 Å². The molecule has 4 rings (SSSR count). The highest BCUT2D eigenvalue weighted by Gasteiger charge is 2.57. The Morgan fingerprint density at radius 3 is 2.47 bits per heavy atom. The molecule has 0 saturated heterocycles. The fourth-order valence-corrected chi connectivity index (χ4v) is 9.37. The summed E-state index contributed by atoms with van der Waals surface area (Å²) in [6.45, 7) is 10.7. The van der Waals surface area contributed by atoms with Crippen molar-refractivity contribution < 1.29 is 39.4 Å². The van der Waals surface area contributed by atoms with Gasteiger partial charge in [-0.3, -0.25) is 9.11 Å². The molecular formula is C27H44O9S2. The van der Waals surface area contributed by atoms with Crippen LogP contribution in [0.25, 0.3) is 0 Å². The van der Waals surface area contributed by atoms with Gasteiger partial charge in [0.05, 0.1) is 12.7 Å². The van der Waals surface area contributed by atoms with E-state index in [0.717, 1.165) is 56.1 Å². The van der Waals surface area contributed by atoms with E-state index in [4.69, 9.17) is 12.9 Å². The SMILES string of the molecule is C=C(CCC(COS(=O)(=O)O)C1CCC2C3CC=C4CC(OS(=O)(=O)O)C(O)CC4C3CCC12C)C(C)C. The molecule has 0 heterocycles. The Hall–Kier alpha value is -0.820. The van der Waals surface area contributed by atoms with Crippen molar-refractivity contribution in [2.45, 2.75) is 90.8 Å². The number of fused-ring (bicyclic) bond motifs is 5. The third-order valence-electron chi connectivity index (χ3n) is 10.5. The first-order chi connectivity index (χ1) is 17.6. The van der Waals surface area contributed by atoms with Gasteiger partial charge in [-0.2, -0.15) is 16.8 Å². The zero-order valence-electron chi connectivity index (χ0n) is 22.7. The van der Waals surface area contributed by atoms with Crippen LogP contribution >= 0.6 is 0 Å². The molecule has 3 saturated carbocycles. The number of hydrogen-bond donors (Lipinski definition) is 3. The summed E-state index contributed by atoms with van der Waals surface area (Å²) in [5.41, 5.74) is 2.26. The molecule has 0 spiro atoms. The number of rotatable bonds is 10. The topological polar surface area (TPSA) is 147 Å². The average molecular weight is 577 g/mol. The highest BCUT2D eigenvalue weighted by Crippen LogP contribution is 2.65. The fraction of sp³-hybridized carbons (Fsp3) is 0.852. The van der Waals surface area contributed by atoms with Gasteiger partial charge < -0.3 is 5.11 Å². The molecule has 0 aromatic heterocycles. The first-order valence-corrected chi connectivity index (χ1v) is 16.6. The maximum Gasteiger partial charge on any atom is 0.397 e. The van der Waals surface area contributed by atoms with Gasteiger partial charge >= 0.3 is 20.8 Å². The van der Waals surface area contributed by atoms with E-state index in [-0.39, 0.29) is 29.8 Å². The molecule has 4 aliphatic rings. The normalized spacial score (nSPS) is 38.2. The van der Waals surface area contributed by atoms with Gasteiger partial charge in [0.1, 0.15) is 6.10 Å². The predicted octanol–water partition coefficient (Wildman–Crippen LogP) is 4.76. The van der Waals surface area contributed by atoms with Crippen LogP contribution < -0.4 is 0 Å². The minimum Gasteiger partial charge on any atom is -0.390 e. The van der Waals surface area contributed by atoms with Crippen molar-refractivity contribution in [2.24, 2.45) is 46.8 Å². The summed E-state index contributed by atoms with van der Waals surface area (Å²) in [5, 5.41) is 10.7. The molecule has 38 heavy (non-hydrogen) atoms. The Morgan fingerprint density at radius 2 is 1.84 bits per heavy atom. The maximum atomic E-state index is 11.4. The molecule has 0 aromatic carbocycles. The van der Waals surface area contributed by atoms with Crippen molar-refractivity contribution in [3.05, 3.63) is 23.8 Å². The van der Waals surface area contributed by atoms with Crippen LogP contribution in [0, 0.1) is 46.8 Å². The first-order valence-electron chi connectivity index (χ1n) is 13.9. The molecule has 9 nitrogen and oxygen atoms in total. The van der Waals surface area contributed by atoms with Gasteiger partial charge in [-0.15, -0.1) is 0 Å². The Labute approximate surface area is 228 Å². The van der Waals surface area contributed by atoms with Crippen molar-refractivity contribution in [1.29, 1.82) is 0 Å². The van der Waals surface area contributed by atoms with Crippen molar-refractivity contribution in [3.63, 3.8) is 0 Å². The zero-order valence-corrected chi connectivity index (χ0v) is 24.3. The minimum absolute atomic E-state index is 0.0106. The van der Waals surface area contributed by atoms with E-state index in [1.54, 1.807) is 0 Å². The van der Waals surface area contributed by atoms with Gasteiger partial charge in [0, 0.05) is 0 Å². The Balaban J connectivity index is 1.51. The Morgan fingerprint density at radius 1 is 1.13 bits per heavy atom. The van der Waals surface area contributed by atoms with Gasteiger partial charge in [0.15, 0.2) is 0 Å². The van der Waals surface area contributed by atoms with E-state index in [1.165, 1.54) is 0 Å². The molecule has 0 amide bonds. The largest absolute Gasteiger partial charge is 0.397 e. The highest BCUT2D eigenvalue weighted by molar-refractivity contribution is 7.81. The Kier molecular flexibility index (Phi) is 8.90. The second kappa shape index (κ2) is 11.2. The van der Waals surface area contributed by atoms with Crippen LogP contribution in [0.2, 0.25) is 0 Å². The summed E-state index contributed by atoms with van der Waals surface area (Å²) >= 11 is 0. The van der Waals surface area contributed by atoms with Crippen LogP contribution in [0.1, 0.15) is 78.6 Å². The average Bonchev–Trinajstić information content (AvgIpc) is 3.15. The monoisotopic (exact) mass is 576 g/mol. The molecule has 9 atom stereocenters. The predicted molar refractivity (Wildman–Crippen MR) is 143 cm³/mol. The van der Waals surface area contributed by atoms with E-state index < -0.39 is 33.0 Å². The smallest absolute Gasteiger partial charge is 0.390 e. The second-order valence-corrected chi connectivity index (χ2v) is 14.8. The van der Waals surface area contributed by atoms with Crippen LogP contribution in [-0.2, 0) is 29.2 Å². The van der Waals surface area contributed by atoms with E-state index >= 15 is 0 Å². The molecule has 11 heteroatoms. The van der Waals surface area contributed by atoms with Crippen molar-refractivity contribution >= 4 is 20.8 Å². The molecule has 4 aliphatic carbocycles. The summed E-state index contributed by atoms with van der Waals surface area (Å²) in [6.07, 6.45) is 7.43. The zero-order chi connectivity index (χ0) is 28.0. The number of aliphatic hydroxyl groups excluding tert-OH is 1. The maximum absolute atomic E-state index is 11.4. The van der Waals surface area contributed by atoms with E-state index in [0.29, 0.717) is 36.5 Å². The third kappa shape index (κ3) is 6.56. The summed E-state index contributed by atoms with van der Waals surface area (Å²) < 4.78 is 73.5. The highest BCUT2D eigenvalue weighted by atomic mass is 32.3. The molecule has 0 bridgehead atoms. The van der Waals surface area contributed by atoms with Gasteiger partial charge in [-0.05, 0) is 105 Å². The van der Waals surface area contributed by atoms with Crippen LogP contribution in [0.5, 0.6) is 0 Å². The lowest BCUT2D eigenvalue weighted by molar-refractivity contribution is -0.0558.